The van der Waals surface area contributed by atoms with Crippen LogP contribution in [0.4, 0.5) is 0 Å². The molecule has 2 aromatic rings. The van der Waals surface area contributed by atoms with Crippen molar-refractivity contribution < 1.29 is 14.6 Å². The van der Waals surface area contributed by atoms with Crippen molar-refractivity contribution in [2.24, 2.45) is 0 Å². The minimum absolute atomic E-state index is 0.235. The van der Waals surface area contributed by atoms with E-state index in [0.29, 0.717) is 12.2 Å². The molecule has 0 amide bonds. The first-order valence-electron chi connectivity index (χ1n) is 6.56. The van der Waals surface area contributed by atoms with Crippen LogP contribution < -0.4 is 9.47 Å². The third-order valence-electron chi connectivity index (χ3n) is 3.58. The molecule has 0 bridgehead atoms. The molecule has 0 aromatic heterocycles. The molecule has 0 spiro atoms. The summed E-state index contributed by atoms with van der Waals surface area (Å²) in [7, 11) is 1.64. The van der Waals surface area contributed by atoms with E-state index in [-0.39, 0.29) is 6.10 Å². The number of hydrogen-bond acceptors (Lipinski definition) is 3. The molecular weight excluding hydrogens is 400 g/mol. The quantitative estimate of drug-likeness (QED) is 0.769. The third-order valence-corrected chi connectivity index (χ3v) is 4.56. The molecule has 2 atom stereocenters. The molecular formula is C16H14Br2O3. The van der Waals surface area contributed by atoms with Crippen molar-refractivity contribution in [2.45, 2.75) is 18.6 Å². The largest absolute Gasteiger partial charge is 0.496 e. The molecule has 110 valence electrons. The lowest BCUT2D eigenvalue weighted by atomic mass is 9.94. The van der Waals surface area contributed by atoms with Gasteiger partial charge in [0.15, 0.2) is 0 Å². The first-order valence-corrected chi connectivity index (χ1v) is 8.14. The molecule has 2 aromatic carbocycles. The normalized spacial score (nSPS) is 20.6. The highest BCUT2D eigenvalue weighted by Crippen LogP contribution is 2.44. The van der Waals surface area contributed by atoms with Crippen LogP contribution in [-0.2, 0) is 0 Å². The molecule has 3 nitrogen and oxygen atoms in total. The van der Waals surface area contributed by atoms with E-state index in [1.165, 1.54) is 0 Å². The predicted octanol–water partition coefficient (Wildman–Crippen LogP) is 4.78. The number of aliphatic hydroxyl groups is 1. The molecule has 5 heteroatoms. The third kappa shape index (κ3) is 2.96. The number of benzene rings is 2. The van der Waals surface area contributed by atoms with Gasteiger partial charge in [0.2, 0.25) is 0 Å². The number of aliphatic hydroxyl groups excluding tert-OH is 1. The van der Waals surface area contributed by atoms with E-state index >= 15 is 0 Å². The van der Waals surface area contributed by atoms with Crippen LogP contribution in [0.15, 0.2) is 45.3 Å². The number of halogens is 2. The van der Waals surface area contributed by atoms with Crippen molar-refractivity contribution in [3.63, 3.8) is 0 Å². The lowest BCUT2D eigenvalue weighted by molar-refractivity contribution is 0.0644. The summed E-state index contributed by atoms with van der Waals surface area (Å²) in [5.74, 6) is 1.47. The van der Waals surface area contributed by atoms with Gasteiger partial charge in [-0.05, 0) is 36.4 Å². The van der Waals surface area contributed by atoms with Crippen LogP contribution in [-0.4, -0.2) is 12.2 Å². The summed E-state index contributed by atoms with van der Waals surface area (Å²) in [5.41, 5.74) is 1.74. The van der Waals surface area contributed by atoms with E-state index in [2.05, 4.69) is 31.9 Å². The highest BCUT2D eigenvalue weighted by molar-refractivity contribution is 9.10. The number of ether oxygens (including phenoxy) is 2. The zero-order chi connectivity index (χ0) is 15.0. The highest BCUT2D eigenvalue weighted by atomic mass is 79.9. The minimum atomic E-state index is -0.556. The average Bonchev–Trinajstić information content (AvgIpc) is 2.47. The fourth-order valence-corrected chi connectivity index (χ4v) is 3.32. The number of methoxy groups -OCH3 is 1. The lowest BCUT2D eigenvalue weighted by Crippen LogP contribution is -2.19. The van der Waals surface area contributed by atoms with Crippen molar-refractivity contribution in [1.82, 2.24) is 0 Å². The highest BCUT2D eigenvalue weighted by Gasteiger charge is 2.30. The Balaban J connectivity index is 1.99. The molecule has 3 rings (SSSR count). The second kappa shape index (κ2) is 5.99. The molecule has 1 aliphatic rings. The predicted molar refractivity (Wildman–Crippen MR) is 87.8 cm³/mol. The van der Waals surface area contributed by atoms with E-state index in [9.17, 15) is 5.11 Å². The van der Waals surface area contributed by atoms with Crippen LogP contribution in [0.3, 0.4) is 0 Å². The summed E-state index contributed by atoms with van der Waals surface area (Å²) in [6.07, 6.45) is -0.294. The molecule has 0 saturated carbocycles. The summed E-state index contributed by atoms with van der Waals surface area (Å²) in [6.45, 7) is 0. The maximum Gasteiger partial charge on any atom is 0.130 e. The Morgan fingerprint density at radius 3 is 2.48 bits per heavy atom. The summed E-state index contributed by atoms with van der Waals surface area (Å²) < 4.78 is 13.4. The van der Waals surface area contributed by atoms with Gasteiger partial charge in [-0.15, -0.1) is 0 Å². The van der Waals surface area contributed by atoms with E-state index in [1.807, 2.05) is 36.4 Å². The van der Waals surface area contributed by atoms with Gasteiger partial charge in [0, 0.05) is 26.5 Å². The molecule has 0 radical (unpaired) electrons. The van der Waals surface area contributed by atoms with Crippen LogP contribution in [0.5, 0.6) is 11.5 Å². The Kier molecular flexibility index (Phi) is 4.24. The second-order valence-electron chi connectivity index (χ2n) is 4.93. The summed E-state index contributed by atoms with van der Waals surface area (Å²) in [5, 5.41) is 10.4. The summed E-state index contributed by atoms with van der Waals surface area (Å²) >= 11 is 6.89. The van der Waals surface area contributed by atoms with Gasteiger partial charge >= 0.3 is 0 Å². The Bertz CT molecular complexity index is 673. The average molecular weight is 414 g/mol. The van der Waals surface area contributed by atoms with Crippen LogP contribution in [0.1, 0.15) is 29.8 Å². The number of hydrogen-bond donors (Lipinski definition) is 1. The molecule has 0 aliphatic carbocycles. The standard InChI is InChI=1S/C16H14Br2O3/c1-20-14-4-2-10(18)7-12(14)16-8-13(19)11-6-9(17)3-5-15(11)21-16/h2-7,13,16,19H,8H2,1H3. The molecule has 21 heavy (non-hydrogen) atoms. The Morgan fingerprint density at radius 2 is 1.76 bits per heavy atom. The van der Waals surface area contributed by atoms with Crippen LogP contribution >= 0.6 is 31.9 Å². The van der Waals surface area contributed by atoms with E-state index < -0.39 is 6.10 Å². The molecule has 0 saturated heterocycles. The Hall–Kier alpha value is -1.04. The first kappa shape index (κ1) is 14.9. The van der Waals surface area contributed by atoms with Crippen LogP contribution in [0, 0.1) is 0 Å². The van der Waals surface area contributed by atoms with Gasteiger partial charge in [0.05, 0.1) is 13.2 Å². The summed E-state index contributed by atoms with van der Waals surface area (Å²) in [4.78, 5) is 0. The molecule has 0 fully saturated rings. The van der Waals surface area contributed by atoms with E-state index in [4.69, 9.17) is 9.47 Å². The van der Waals surface area contributed by atoms with Crippen molar-refractivity contribution in [3.8, 4) is 11.5 Å². The first-order chi connectivity index (χ1) is 10.1. The van der Waals surface area contributed by atoms with Gasteiger partial charge in [-0.25, -0.2) is 0 Å². The van der Waals surface area contributed by atoms with Gasteiger partial charge in [-0.2, -0.15) is 0 Å². The number of rotatable bonds is 2. The monoisotopic (exact) mass is 412 g/mol. The molecule has 1 N–H and O–H groups in total. The van der Waals surface area contributed by atoms with Gasteiger partial charge in [-0.1, -0.05) is 31.9 Å². The Morgan fingerprint density at radius 1 is 1.10 bits per heavy atom. The zero-order valence-electron chi connectivity index (χ0n) is 11.3. The van der Waals surface area contributed by atoms with Gasteiger partial charge in [0.1, 0.15) is 17.6 Å². The van der Waals surface area contributed by atoms with Crippen molar-refractivity contribution in [3.05, 3.63) is 56.5 Å². The van der Waals surface area contributed by atoms with Crippen molar-refractivity contribution >= 4 is 31.9 Å². The fraction of sp³-hybridized carbons (Fsp3) is 0.250. The van der Waals surface area contributed by atoms with Gasteiger partial charge < -0.3 is 14.6 Å². The van der Waals surface area contributed by atoms with Crippen molar-refractivity contribution in [1.29, 1.82) is 0 Å². The van der Waals surface area contributed by atoms with Crippen molar-refractivity contribution in [2.75, 3.05) is 7.11 Å². The van der Waals surface area contributed by atoms with Gasteiger partial charge in [0.25, 0.3) is 0 Å². The molecule has 2 unspecified atom stereocenters. The lowest BCUT2D eigenvalue weighted by Gasteiger charge is -2.30. The molecule has 1 aliphatic heterocycles. The maximum absolute atomic E-state index is 10.4. The fourth-order valence-electron chi connectivity index (χ4n) is 2.57. The van der Waals surface area contributed by atoms with Crippen LogP contribution in [0.2, 0.25) is 0 Å². The topological polar surface area (TPSA) is 38.7 Å². The zero-order valence-corrected chi connectivity index (χ0v) is 14.5. The van der Waals surface area contributed by atoms with E-state index in [1.54, 1.807) is 7.11 Å². The van der Waals surface area contributed by atoms with Crippen LogP contribution in [0.25, 0.3) is 0 Å². The second-order valence-corrected chi connectivity index (χ2v) is 6.76. The Labute approximate surface area is 140 Å². The summed E-state index contributed by atoms with van der Waals surface area (Å²) in [6, 6.07) is 11.5. The SMILES string of the molecule is COc1ccc(Br)cc1C1CC(O)c2cc(Br)ccc2O1. The minimum Gasteiger partial charge on any atom is -0.496 e. The van der Waals surface area contributed by atoms with E-state index in [0.717, 1.165) is 25.8 Å². The molecule has 1 heterocycles. The van der Waals surface area contributed by atoms with Gasteiger partial charge in [-0.3, -0.25) is 0 Å². The number of fused-ring (bicyclic) bond motifs is 1. The smallest absolute Gasteiger partial charge is 0.130 e. The maximum atomic E-state index is 10.4.